The summed E-state index contributed by atoms with van der Waals surface area (Å²) in [5, 5.41) is 0. The molecule has 4 atom stereocenters. The summed E-state index contributed by atoms with van der Waals surface area (Å²) >= 11 is 0. The van der Waals surface area contributed by atoms with Crippen molar-refractivity contribution in [2.45, 2.75) is 52.6 Å². The minimum atomic E-state index is -0.779. The summed E-state index contributed by atoms with van der Waals surface area (Å²) in [6, 6.07) is 0. The summed E-state index contributed by atoms with van der Waals surface area (Å²) in [5.41, 5.74) is 0. The van der Waals surface area contributed by atoms with E-state index in [4.69, 9.17) is 14.2 Å². The fourth-order valence-electron chi connectivity index (χ4n) is 2.20. The average molecular weight is 258 g/mol. The molecule has 0 N–H and O–H groups in total. The number of carbonyl (C=O) groups is 2. The summed E-state index contributed by atoms with van der Waals surface area (Å²) in [7, 11) is 0. The SMILES string of the molecule is CC(=O)OC[C@H]1OC(C)(C)O[C@H]([C@@H](C)C=O)[C@@H]1C. The Labute approximate surface area is 108 Å². The van der Waals surface area contributed by atoms with Crippen LogP contribution in [0.25, 0.3) is 0 Å². The predicted octanol–water partition coefficient (Wildman–Crippen LogP) is 1.54. The summed E-state index contributed by atoms with van der Waals surface area (Å²) in [6.07, 6.45) is 0.391. The third kappa shape index (κ3) is 3.78. The molecule has 1 fully saturated rings. The van der Waals surface area contributed by atoms with Crippen LogP contribution in [0.1, 0.15) is 34.6 Å². The van der Waals surface area contributed by atoms with Crippen molar-refractivity contribution in [3.63, 3.8) is 0 Å². The molecule has 0 aromatic rings. The van der Waals surface area contributed by atoms with E-state index >= 15 is 0 Å². The number of hydrogen-bond donors (Lipinski definition) is 0. The van der Waals surface area contributed by atoms with Crippen LogP contribution in [0.5, 0.6) is 0 Å². The van der Waals surface area contributed by atoms with E-state index in [1.165, 1.54) is 6.92 Å². The number of ether oxygens (including phenoxy) is 3. The van der Waals surface area contributed by atoms with Gasteiger partial charge in [-0.3, -0.25) is 4.79 Å². The van der Waals surface area contributed by atoms with Gasteiger partial charge in [0.15, 0.2) is 5.79 Å². The van der Waals surface area contributed by atoms with Gasteiger partial charge in [-0.15, -0.1) is 0 Å². The second-order valence-corrected chi connectivity index (χ2v) is 5.30. The molecule has 0 aromatic heterocycles. The highest BCUT2D eigenvalue weighted by Crippen LogP contribution is 2.34. The molecule has 5 nitrogen and oxygen atoms in total. The van der Waals surface area contributed by atoms with E-state index in [1.54, 1.807) is 13.8 Å². The molecule has 1 saturated heterocycles. The third-order valence-electron chi connectivity index (χ3n) is 3.14. The lowest BCUT2D eigenvalue weighted by Crippen LogP contribution is -2.53. The first-order valence-electron chi connectivity index (χ1n) is 6.21. The molecule has 18 heavy (non-hydrogen) atoms. The molecule has 0 radical (unpaired) electrons. The number of aldehydes is 1. The van der Waals surface area contributed by atoms with Gasteiger partial charge in [-0.2, -0.15) is 0 Å². The van der Waals surface area contributed by atoms with Crippen molar-refractivity contribution < 1.29 is 23.8 Å². The first-order valence-corrected chi connectivity index (χ1v) is 6.21. The van der Waals surface area contributed by atoms with Crippen LogP contribution < -0.4 is 0 Å². The van der Waals surface area contributed by atoms with Crippen LogP contribution in [-0.4, -0.2) is 36.9 Å². The topological polar surface area (TPSA) is 61.8 Å². The Kier molecular flexibility index (Phi) is 4.87. The second kappa shape index (κ2) is 5.80. The van der Waals surface area contributed by atoms with Crippen molar-refractivity contribution in [2.75, 3.05) is 6.61 Å². The van der Waals surface area contributed by atoms with Crippen LogP contribution in [0, 0.1) is 11.8 Å². The van der Waals surface area contributed by atoms with Gasteiger partial charge in [0.1, 0.15) is 19.0 Å². The van der Waals surface area contributed by atoms with Crippen LogP contribution in [0.4, 0.5) is 0 Å². The summed E-state index contributed by atoms with van der Waals surface area (Å²) in [5.74, 6) is -1.35. The average Bonchev–Trinajstić information content (AvgIpc) is 2.28. The van der Waals surface area contributed by atoms with Crippen LogP contribution in [-0.2, 0) is 23.8 Å². The van der Waals surface area contributed by atoms with Gasteiger partial charge in [0.2, 0.25) is 0 Å². The quantitative estimate of drug-likeness (QED) is 0.565. The zero-order chi connectivity index (χ0) is 13.9. The molecule has 0 aromatic carbocycles. The Morgan fingerprint density at radius 3 is 2.56 bits per heavy atom. The molecule has 5 heteroatoms. The number of carbonyl (C=O) groups excluding carboxylic acids is 2. The minimum Gasteiger partial charge on any atom is -0.463 e. The van der Waals surface area contributed by atoms with Gasteiger partial charge in [0, 0.05) is 18.8 Å². The Balaban J connectivity index is 2.77. The summed E-state index contributed by atoms with van der Waals surface area (Å²) < 4.78 is 16.5. The Morgan fingerprint density at radius 1 is 1.44 bits per heavy atom. The standard InChI is InChI=1S/C13H22O5/c1-8(6-14)12-9(2)11(7-16-10(3)15)17-13(4,5)18-12/h6,8-9,11-12H,7H2,1-5H3/t8-,9+,11+,12+/m0/s1. The monoisotopic (exact) mass is 258 g/mol. The van der Waals surface area contributed by atoms with Crippen LogP contribution in [0.2, 0.25) is 0 Å². The van der Waals surface area contributed by atoms with Gasteiger partial charge in [-0.05, 0) is 13.8 Å². The molecule has 0 spiro atoms. The van der Waals surface area contributed by atoms with Gasteiger partial charge in [0.25, 0.3) is 0 Å². The zero-order valence-corrected chi connectivity index (χ0v) is 11.6. The highest BCUT2D eigenvalue weighted by molar-refractivity contribution is 5.65. The van der Waals surface area contributed by atoms with Gasteiger partial charge < -0.3 is 19.0 Å². The molecule has 1 aliphatic heterocycles. The number of esters is 1. The lowest BCUT2D eigenvalue weighted by Gasteiger charge is -2.45. The number of hydrogen-bond acceptors (Lipinski definition) is 5. The fourth-order valence-corrected chi connectivity index (χ4v) is 2.20. The summed E-state index contributed by atoms with van der Waals surface area (Å²) in [4.78, 5) is 21.8. The molecule has 0 unspecified atom stereocenters. The predicted molar refractivity (Wildman–Crippen MR) is 64.9 cm³/mol. The molecule has 1 heterocycles. The molecule has 0 bridgehead atoms. The molecule has 1 aliphatic rings. The van der Waals surface area contributed by atoms with Crippen molar-refractivity contribution >= 4 is 12.3 Å². The Hall–Kier alpha value is -0.940. The van der Waals surface area contributed by atoms with E-state index in [1.807, 2.05) is 13.8 Å². The van der Waals surface area contributed by atoms with E-state index < -0.39 is 5.79 Å². The second-order valence-electron chi connectivity index (χ2n) is 5.30. The molecule has 0 aliphatic carbocycles. The van der Waals surface area contributed by atoms with Crippen molar-refractivity contribution in [1.82, 2.24) is 0 Å². The number of rotatable bonds is 4. The van der Waals surface area contributed by atoms with E-state index in [2.05, 4.69) is 0 Å². The zero-order valence-electron chi connectivity index (χ0n) is 11.6. The first kappa shape index (κ1) is 15.1. The van der Waals surface area contributed by atoms with E-state index in [9.17, 15) is 9.59 Å². The smallest absolute Gasteiger partial charge is 0.302 e. The lowest BCUT2D eigenvalue weighted by atomic mass is 9.88. The van der Waals surface area contributed by atoms with Gasteiger partial charge >= 0.3 is 5.97 Å². The molecule has 0 amide bonds. The van der Waals surface area contributed by atoms with Crippen LogP contribution >= 0.6 is 0 Å². The largest absolute Gasteiger partial charge is 0.463 e. The maximum atomic E-state index is 10.9. The van der Waals surface area contributed by atoms with Crippen molar-refractivity contribution in [1.29, 1.82) is 0 Å². The van der Waals surface area contributed by atoms with E-state index in [0.717, 1.165) is 6.29 Å². The van der Waals surface area contributed by atoms with Crippen LogP contribution in [0.3, 0.4) is 0 Å². The maximum absolute atomic E-state index is 10.9. The van der Waals surface area contributed by atoms with Crippen molar-refractivity contribution in [2.24, 2.45) is 11.8 Å². The molecular weight excluding hydrogens is 236 g/mol. The molecule has 1 rings (SSSR count). The first-order chi connectivity index (χ1) is 8.26. The van der Waals surface area contributed by atoms with Gasteiger partial charge in [0.05, 0.1) is 6.10 Å². The molecular formula is C13H22O5. The summed E-state index contributed by atoms with van der Waals surface area (Å²) in [6.45, 7) is 8.90. The lowest BCUT2D eigenvalue weighted by molar-refractivity contribution is -0.328. The Bertz CT molecular complexity index is 313. The molecule has 0 saturated carbocycles. The highest BCUT2D eigenvalue weighted by Gasteiger charge is 2.43. The van der Waals surface area contributed by atoms with E-state index in [-0.39, 0.29) is 36.6 Å². The maximum Gasteiger partial charge on any atom is 0.302 e. The van der Waals surface area contributed by atoms with E-state index in [0.29, 0.717) is 0 Å². The minimum absolute atomic E-state index is 0.0161. The van der Waals surface area contributed by atoms with Crippen LogP contribution in [0.15, 0.2) is 0 Å². The van der Waals surface area contributed by atoms with Gasteiger partial charge in [-0.25, -0.2) is 0 Å². The highest BCUT2D eigenvalue weighted by atomic mass is 16.7. The fraction of sp³-hybridized carbons (Fsp3) is 0.846. The molecule has 104 valence electrons. The van der Waals surface area contributed by atoms with Gasteiger partial charge in [-0.1, -0.05) is 13.8 Å². The third-order valence-corrected chi connectivity index (χ3v) is 3.14. The Morgan fingerprint density at radius 2 is 2.06 bits per heavy atom. The van der Waals surface area contributed by atoms with Crippen molar-refractivity contribution in [3.05, 3.63) is 0 Å². The van der Waals surface area contributed by atoms with Crippen molar-refractivity contribution in [3.8, 4) is 0 Å². The normalized spacial score (nSPS) is 32.6.